The van der Waals surface area contributed by atoms with Gasteiger partial charge in [0, 0.05) is 11.1 Å². The fourth-order valence-corrected chi connectivity index (χ4v) is 2.54. The van der Waals surface area contributed by atoms with E-state index in [0.29, 0.717) is 21.4 Å². The molecule has 0 saturated heterocycles. The monoisotopic (exact) mass is 311 g/mol. The number of amides is 1. The highest BCUT2D eigenvalue weighted by molar-refractivity contribution is 6.50. The number of quaternary nitrogens is 1. The largest absolute Gasteiger partial charge is 0.407 e. The Morgan fingerprint density at radius 2 is 1.88 bits per heavy atom. The van der Waals surface area contributed by atoms with Crippen molar-refractivity contribution in [2.24, 2.45) is 0 Å². The molecule has 0 saturated carbocycles. The molecule has 0 bridgehead atoms. The van der Waals surface area contributed by atoms with Crippen molar-refractivity contribution in [3.8, 4) is 0 Å². The minimum Gasteiger partial charge on any atom is -0.219 e. The SMILES string of the molecule is CC1=C(Cl)C(=O)[N+](Cl)(c2cc(Cl)ccc2Cl)N1. The van der Waals surface area contributed by atoms with E-state index in [4.69, 9.17) is 46.6 Å². The summed E-state index contributed by atoms with van der Waals surface area (Å²) in [5.41, 5.74) is 3.59. The predicted octanol–water partition coefficient (Wildman–Crippen LogP) is 3.97. The van der Waals surface area contributed by atoms with Gasteiger partial charge in [0.1, 0.15) is 5.02 Å². The molecule has 7 heteroatoms. The number of hydrogen-bond acceptors (Lipinski definition) is 2. The quantitative estimate of drug-likeness (QED) is 0.795. The average molecular weight is 313 g/mol. The molecular weight excluding hydrogens is 306 g/mol. The second kappa shape index (κ2) is 4.34. The minimum atomic E-state index is -0.732. The van der Waals surface area contributed by atoms with Crippen LogP contribution in [0.2, 0.25) is 10.0 Å². The van der Waals surface area contributed by atoms with Crippen LogP contribution in [-0.4, -0.2) is 5.91 Å². The number of halogens is 4. The number of hydrogen-bond donors (Lipinski definition) is 1. The summed E-state index contributed by atoms with van der Waals surface area (Å²) in [5.74, 6) is -0.491. The van der Waals surface area contributed by atoms with Crippen molar-refractivity contribution >= 4 is 58.2 Å². The third kappa shape index (κ3) is 2.02. The van der Waals surface area contributed by atoms with Crippen LogP contribution in [0.4, 0.5) is 5.69 Å². The summed E-state index contributed by atoms with van der Waals surface area (Å²) in [6.45, 7) is 1.65. The number of benzene rings is 1. The average Bonchev–Trinajstić information content (AvgIpc) is 2.47. The second-order valence-electron chi connectivity index (χ2n) is 3.54. The van der Waals surface area contributed by atoms with Crippen molar-refractivity contribution in [2.75, 3.05) is 0 Å². The van der Waals surface area contributed by atoms with Crippen LogP contribution >= 0.6 is 46.6 Å². The molecule has 17 heavy (non-hydrogen) atoms. The number of carbonyl (C=O) groups excluding carboxylic acids is 1. The van der Waals surface area contributed by atoms with E-state index in [0.717, 1.165) is 0 Å². The molecule has 1 atom stereocenters. The third-order valence-electron chi connectivity index (χ3n) is 2.36. The Balaban J connectivity index is 2.55. The van der Waals surface area contributed by atoms with Crippen LogP contribution in [0.15, 0.2) is 28.9 Å². The zero-order valence-corrected chi connectivity index (χ0v) is 11.6. The minimum absolute atomic E-state index is 0.0519. The smallest absolute Gasteiger partial charge is 0.219 e. The van der Waals surface area contributed by atoms with E-state index >= 15 is 0 Å². The number of nitrogens with one attached hydrogen (secondary N) is 1. The van der Waals surface area contributed by atoms with Gasteiger partial charge in [-0.3, -0.25) is 0 Å². The van der Waals surface area contributed by atoms with E-state index in [1.54, 1.807) is 19.1 Å². The molecule has 0 radical (unpaired) electrons. The van der Waals surface area contributed by atoms with Gasteiger partial charge in [0.25, 0.3) is 0 Å². The zero-order chi connectivity index (χ0) is 12.8. The van der Waals surface area contributed by atoms with Gasteiger partial charge in [0.05, 0.1) is 5.70 Å². The van der Waals surface area contributed by atoms with Crippen molar-refractivity contribution in [3.63, 3.8) is 0 Å². The lowest BCUT2D eigenvalue weighted by molar-refractivity contribution is -0.121. The Morgan fingerprint density at radius 1 is 1.24 bits per heavy atom. The van der Waals surface area contributed by atoms with Gasteiger partial charge >= 0.3 is 5.91 Å². The fourth-order valence-electron chi connectivity index (χ4n) is 1.52. The van der Waals surface area contributed by atoms with Gasteiger partial charge in [-0.25, -0.2) is 10.2 Å². The van der Waals surface area contributed by atoms with Crippen LogP contribution in [0.25, 0.3) is 0 Å². The molecule has 1 aromatic rings. The zero-order valence-electron chi connectivity index (χ0n) is 8.60. The Morgan fingerprint density at radius 3 is 2.41 bits per heavy atom. The summed E-state index contributed by atoms with van der Waals surface area (Å²) in [6.07, 6.45) is 0. The lowest BCUT2D eigenvalue weighted by Crippen LogP contribution is -2.50. The lowest BCUT2D eigenvalue weighted by Gasteiger charge is -2.21. The maximum atomic E-state index is 12.0. The second-order valence-corrected chi connectivity index (χ2v) is 5.27. The molecule has 0 aromatic heterocycles. The van der Waals surface area contributed by atoms with Gasteiger partial charge < -0.3 is 0 Å². The van der Waals surface area contributed by atoms with Crippen LogP contribution in [-0.2, 0) is 4.79 Å². The number of carbonyl (C=O) groups is 1. The third-order valence-corrected chi connectivity index (χ3v) is 3.78. The van der Waals surface area contributed by atoms with Crippen LogP contribution < -0.4 is 9.54 Å². The first-order valence-corrected chi connectivity index (χ1v) is 6.07. The molecule has 1 heterocycles. The molecule has 0 spiro atoms. The lowest BCUT2D eigenvalue weighted by atomic mass is 10.3. The van der Waals surface area contributed by atoms with E-state index in [-0.39, 0.29) is 5.03 Å². The van der Waals surface area contributed by atoms with Gasteiger partial charge in [-0.15, -0.1) is 0 Å². The molecule has 0 aliphatic carbocycles. The number of nitrogens with zero attached hydrogens (tertiary/aromatic N) is 1. The molecule has 0 fully saturated rings. The van der Waals surface area contributed by atoms with Gasteiger partial charge in [-0.05, 0) is 23.2 Å². The van der Waals surface area contributed by atoms with E-state index in [1.807, 2.05) is 0 Å². The molecule has 1 unspecified atom stereocenters. The predicted molar refractivity (Wildman–Crippen MR) is 70.8 cm³/mol. The number of allylic oxidation sites excluding steroid dienone is 1. The molecule has 1 N–H and O–H groups in total. The van der Waals surface area contributed by atoms with Crippen molar-refractivity contribution in [1.29, 1.82) is 0 Å². The highest BCUT2D eigenvalue weighted by atomic mass is 35.5. The molecule has 1 amide bonds. The van der Waals surface area contributed by atoms with Gasteiger partial charge in [-0.1, -0.05) is 34.8 Å². The van der Waals surface area contributed by atoms with Gasteiger partial charge in [0.2, 0.25) is 17.5 Å². The van der Waals surface area contributed by atoms with Crippen molar-refractivity contribution in [3.05, 3.63) is 39.0 Å². The van der Waals surface area contributed by atoms with E-state index in [1.165, 1.54) is 6.07 Å². The molecular formula is C10H7Cl4N2O+. The number of rotatable bonds is 1. The standard InChI is InChI=1S/C10H6Cl4N2O/c1-5-9(13)10(17)16(14,15-5)8-4-6(11)2-3-7(8)12/h2-4H,1H3/p+1. The van der Waals surface area contributed by atoms with E-state index < -0.39 is 10.0 Å². The Labute approximate surface area is 118 Å². The van der Waals surface area contributed by atoms with E-state index in [9.17, 15) is 4.79 Å². The van der Waals surface area contributed by atoms with Crippen LogP contribution in [0.1, 0.15) is 6.92 Å². The first-order valence-electron chi connectivity index (χ1n) is 4.60. The molecule has 1 aromatic carbocycles. The summed E-state index contributed by atoms with van der Waals surface area (Å²) in [7, 11) is 0. The molecule has 1 aliphatic heterocycles. The van der Waals surface area contributed by atoms with Crippen LogP contribution in [0, 0.1) is 0 Å². The van der Waals surface area contributed by atoms with Crippen molar-refractivity contribution in [1.82, 2.24) is 9.54 Å². The topological polar surface area (TPSA) is 29.1 Å². The molecule has 2 rings (SSSR count). The highest BCUT2D eigenvalue weighted by Gasteiger charge is 2.49. The first kappa shape index (κ1) is 13.0. The summed E-state index contributed by atoms with van der Waals surface area (Å²) >= 11 is 23.9. The summed E-state index contributed by atoms with van der Waals surface area (Å²) in [4.78, 5) is 12.0. The van der Waals surface area contributed by atoms with Crippen LogP contribution in [0.5, 0.6) is 0 Å². The fraction of sp³-hybridized carbons (Fsp3) is 0.100. The van der Waals surface area contributed by atoms with Gasteiger partial charge in [-0.2, -0.15) is 0 Å². The Kier molecular flexibility index (Phi) is 3.31. The summed E-state index contributed by atoms with van der Waals surface area (Å²) < 4.78 is -0.732. The van der Waals surface area contributed by atoms with Gasteiger partial charge in [0.15, 0.2) is 5.03 Å². The van der Waals surface area contributed by atoms with Crippen molar-refractivity contribution < 1.29 is 4.79 Å². The highest BCUT2D eigenvalue weighted by Crippen LogP contribution is 2.39. The van der Waals surface area contributed by atoms with Crippen molar-refractivity contribution in [2.45, 2.75) is 6.92 Å². The molecule has 3 nitrogen and oxygen atoms in total. The maximum Gasteiger partial charge on any atom is 0.407 e. The maximum absolute atomic E-state index is 12.0. The van der Waals surface area contributed by atoms with E-state index in [2.05, 4.69) is 5.43 Å². The Hall–Kier alpha value is -0.450. The first-order chi connectivity index (χ1) is 7.86. The Bertz CT molecular complexity index is 543. The summed E-state index contributed by atoms with van der Waals surface area (Å²) in [5, 5.41) is 0.804. The normalized spacial score (nSPS) is 24.2. The molecule has 90 valence electrons. The summed E-state index contributed by atoms with van der Waals surface area (Å²) in [6, 6.07) is 4.70. The van der Waals surface area contributed by atoms with Crippen LogP contribution in [0.3, 0.4) is 0 Å². The molecule has 1 aliphatic rings.